The molecule has 9 heteroatoms. The average molecular weight is 323 g/mol. The lowest BCUT2D eigenvalue weighted by atomic mass is 10.1. The molecule has 6 nitrogen and oxygen atoms in total. The number of carbonyl (C=O) groups is 1. The van der Waals surface area contributed by atoms with Crippen LogP contribution in [0.1, 0.15) is 18.5 Å². The number of hydrogen-bond donors (Lipinski definition) is 1. The second kappa shape index (κ2) is 6.48. The molecular weight excluding hydrogens is 311 g/mol. The van der Waals surface area contributed by atoms with Crippen LogP contribution in [0.4, 0.5) is 13.2 Å². The molecule has 1 aromatic heterocycles. The number of hydrogen-bond acceptors (Lipinski definition) is 4. The van der Waals surface area contributed by atoms with Gasteiger partial charge in [0, 0.05) is 5.56 Å². The minimum atomic E-state index is -4.46. The van der Waals surface area contributed by atoms with Crippen molar-refractivity contribution in [2.75, 3.05) is 6.54 Å². The van der Waals surface area contributed by atoms with Gasteiger partial charge >= 0.3 is 6.18 Å². The van der Waals surface area contributed by atoms with Gasteiger partial charge in [-0.3, -0.25) is 4.79 Å². The summed E-state index contributed by atoms with van der Waals surface area (Å²) in [5.41, 5.74) is -0.659. The molecular formula is C14H12F3N5O. The molecule has 1 aromatic carbocycles. The van der Waals surface area contributed by atoms with Gasteiger partial charge in [-0.15, -0.1) is 16.6 Å². The summed E-state index contributed by atoms with van der Waals surface area (Å²) in [4.78, 5) is 12.8. The van der Waals surface area contributed by atoms with Crippen LogP contribution in [0.3, 0.4) is 0 Å². The first-order valence-corrected chi connectivity index (χ1v) is 6.51. The summed E-state index contributed by atoms with van der Waals surface area (Å²) in [6.07, 6.45) is 0.574. The average Bonchev–Trinajstić information content (AvgIpc) is 3.01. The largest absolute Gasteiger partial charge is 0.416 e. The van der Waals surface area contributed by atoms with Crippen LogP contribution in [-0.4, -0.2) is 32.7 Å². The van der Waals surface area contributed by atoms with E-state index >= 15 is 0 Å². The van der Waals surface area contributed by atoms with Crippen LogP contribution in [-0.2, 0) is 11.0 Å². The Hall–Kier alpha value is -2.89. The number of rotatable bonds is 4. The van der Waals surface area contributed by atoms with Crippen LogP contribution < -0.4 is 5.32 Å². The Kier molecular flexibility index (Phi) is 4.64. The maximum atomic E-state index is 12.7. The van der Waals surface area contributed by atoms with Gasteiger partial charge in [-0.05, 0) is 24.3 Å². The van der Waals surface area contributed by atoms with Gasteiger partial charge in [0.05, 0.1) is 12.1 Å². The molecule has 1 unspecified atom stereocenters. The molecule has 0 bridgehead atoms. The van der Waals surface area contributed by atoms with Crippen molar-refractivity contribution in [1.29, 1.82) is 0 Å². The summed E-state index contributed by atoms with van der Waals surface area (Å²) in [7, 11) is 0. The molecule has 120 valence electrons. The van der Waals surface area contributed by atoms with Crippen LogP contribution >= 0.6 is 0 Å². The van der Waals surface area contributed by atoms with Crippen molar-refractivity contribution in [3.8, 4) is 23.7 Å². The molecule has 0 radical (unpaired) electrons. The topological polar surface area (TPSA) is 72.7 Å². The molecule has 0 fully saturated rings. The van der Waals surface area contributed by atoms with E-state index in [1.54, 1.807) is 0 Å². The first kappa shape index (κ1) is 16.5. The van der Waals surface area contributed by atoms with E-state index in [0.717, 1.165) is 16.9 Å². The molecule has 0 saturated heterocycles. The number of nitrogens with zero attached hydrogens (tertiary/aromatic N) is 4. The van der Waals surface area contributed by atoms with Crippen LogP contribution in [0.25, 0.3) is 11.4 Å². The molecule has 2 rings (SSSR count). The van der Waals surface area contributed by atoms with E-state index in [1.807, 2.05) is 0 Å². The van der Waals surface area contributed by atoms with E-state index in [-0.39, 0.29) is 17.9 Å². The van der Waals surface area contributed by atoms with E-state index in [1.165, 1.54) is 19.1 Å². The number of benzene rings is 1. The van der Waals surface area contributed by atoms with Crippen LogP contribution in [0.2, 0.25) is 0 Å². The van der Waals surface area contributed by atoms with E-state index in [4.69, 9.17) is 6.42 Å². The second-order valence-corrected chi connectivity index (χ2v) is 4.61. The van der Waals surface area contributed by atoms with Crippen molar-refractivity contribution < 1.29 is 18.0 Å². The molecule has 0 aliphatic rings. The lowest BCUT2D eigenvalue weighted by molar-refractivity contribution is -0.137. The summed E-state index contributed by atoms with van der Waals surface area (Å²) in [6.45, 7) is 1.57. The van der Waals surface area contributed by atoms with Gasteiger partial charge in [-0.1, -0.05) is 18.1 Å². The van der Waals surface area contributed by atoms with Gasteiger partial charge in [-0.2, -0.15) is 18.0 Å². The van der Waals surface area contributed by atoms with E-state index in [2.05, 4.69) is 26.6 Å². The number of aromatic nitrogens is 4. The zero-order valence-corrected chi connectivity index (χ0v) is 12.0. The minimum Gasteiger partial charge on any atom is -0.343 e. The number of alkyl halides is 3. The maximum absolute atomic E-state index is 12.7. The summed E-state index contributed by atoms with van der Waals surface area (Å²) < 4.78 is 38.1. The van der Waals surface area contributed by atoms with Crippen molar-refractivity contribution in [2.45, 2.75) is 19.1 Å². The molecule has 0 aliphatic carbocycles. The zero-order chi connectivity index (χ0) is 17.0. The fourth-order valence-electron chi connectivity index (χ4n) is 1.73. The van der Waals surface area contributed by atoms with Crippen LogP contribution in [0, 0.1) is 12.3 Å². The van der Waals surface area contributed by atoms with Crippen LogP contribution in [0.15, 0.2) is 24.3 Å². The third-order valence-corrected chi connectivity index (χ3v) is 2.97. The lowest BCUT2D eigenvalue weighted by Crippen LogP contribution is -2.32. The predicted octanol–water partition coefficient (Wildman–Crippen LogP) is 1.67. The molecule has 0 spiro atoms. The summed E-state index contributed by atoms with van der Waals surface area (Å²) in [6, 6.07) is 3.76. The van der Waals surface area contributed by atoms with Crippen molar-refractivity contribution in [3.05, 3.63) is 29.8 Å². The number of tetrazole rings is 1. The van der Waals surface area contributed by atoms with Crippen LogP contribution in [0.5, 0.6) is 0 Å². The van der Waals surface area contributed by atoms with Crippen molar-refractivity contribution >= 4 is 5.91 Å². The zero-order valence-electron chi connectivity index (χ0n) is 12.0. The Morgan fingerprint density at radius 3 is 2.87 bits per heavy atom. The Bertz CT molecular complexity index is 747. The summed E-state index contributed by atoms with van der Waals surface area (Å²) in [5, 5.41) is 13.8. The summed E-state index contributed by atoms with van der Waals surface area (Å²) in [5.74, 6) is 1.82. The molecule has 23 heavy (non-hydrogen) atoms. The Balaban J connectivity index is 2.23. The number of halogens is 3. The number of nitrogens with one attached hydrogen (secondary N) is 1. The smallest absolute Gasteiger partial charge is 0.343 e. The van der Waals surface area contributed by atoms with E-state index in [9.17, 15) is 18.0 Å². The Morgan fingerprint density at radius 1 is 1.48 bits per heavy atom. The van der Waals surface area contributed by atoms with Crippen molar-refractivity contribution in [1.82, 2.24) is 25.5 Å². The Morgan fingerprint density at radius 2 is 2.22 bits per heavy atom. The summed E-state index contributed by atoms with van der Waals surface area (Å²) >= 11 is 0. The fourth-order valence-corrected chi connectivity index (χ4v) is 1.73. The molecule has 0 aliphatic heterocycles. The Labute approximate surface area is 129 Å². The monoisotopic (exact) mass is 323 g/mol. The third kappa shape index (κ3) is 3.85. The van der Waals surface area contributed by atoms with Gasteiger partial charge in [0.15, 0.2) is 0 Å². The third-order valence-electron chi connectivity index (χ3n) is 2.97. The van der Waals surface area contributed by atoms with Gasteiger partial charge in [0.25, 0.3) is 0 Å². The van der Waals surface area contributed by atoms with Crippen molar-refractivity contribution in [3.63, 3.8) is 0 Å². The first-order valence-electron chi connectivity index (χ1n) is 6.51. The fraction of sp³-hybridized carbons (Fsp3) is 0.286. The number of carbonyl (C=O) groups excluding carboxylic acids is 1. The highest BCUT2D eigenvalue weighted by molar-refractivity contribution is 5.79. The highest BCUT2D eigenvalue weighted by Gasteiger charge is 2.30. The van der Waals surface area contributed by atoms with Gasteiger partial charge in [0.2, 0.25) is 11.7 Å². The quantitative estimate of drug-likeness (QED) is 0.869. The van der Waals surface area contributed by atoms with Gasteiger partial charge in [0.1, 0.15) is 6.04 Å². The minimum absolute atomic E-state index is 0.00676. The lowest BCUT2D eigenvalue weighted by Gasteiger charge is -2.08. The highest BCUT2D eigenvalue weighted by Crippen LogP contribution is 2.31. The second-order valence-electron chi connectivity index (χ2n) is 4.61. The number of amides is 1. The number of terminal acetylenes is 1. The van der Waals surface area contributed by atoms with E-state index in [0.29, 0.717) is 0 Å². The SMILES string of the molecule is C#CCNC(=O)C(C)n1nnc(-c2cccc(C(F)(F)F)c2)n1. The molecule has 1 N–H and O–H groups in total. The van der Waals surface area contributed by atoms with Crippen molar-refractivity contribution in [2.24, 2.45) is 0 Å². The standard InChI is InChI=1S/C14H12F3N5O/c1-3-7-18-13(23)9(2)22-20-12(19-21-22)10-5-4-6-11(8-10)14(15,16)17/h1,4-6,8-9H,7H2,2H3,(H,18,23). The first-order chi connectivity index (χ1) is 10.8. The normalized spacial score (nSPS) is 12.5. The molecule has 1 heterocycles. The molecule has 1 amide bonds. The van der Waals surface area contributed by atoms with E-state index < -0.39 is 23.7 Å². The van der Waals surface area contributed by atoms with Gasteiger partial charge in [-0.25, -0.2) is 0 Å². The molecule has 2 aromatic rings. The molecule has 1 atom stereocenters. The predicted molar refractivity (Wildman–Crippen MR) is 74.8 cm³/mol. The van der Waals surface area contributed by atoms with Gasteiger partial charge < -0.3 is 5.32 Å². The maximum Gasteiger partial charge on any atom is 0.416 e. The molecule has 0 saturated carbocycles. The highest BCUT2D eigenvalue weighted by atomic mass is 19.4.